The second-order valence-corrected chi connectivity index (χ2v) is 9.34. The van der Waals surface area contributed by atoms with Crippen LogP contribution in [0.3, 0.4) is 0 Å². The SMILES string of the molecule is Cc1cc(-c2noc(C(C)N3CCNCC3)n2)cc2c1C(=O)N(C(C)c1ccc(Cl)cc1)C2. The molecular formula is C25H28ClN5O2. The highest BCUT2D eigenvalue weighted by molar-refractivity contribution is 6.30. The highest BCUT2D eigenvalue weighted by Gasteiger charge is 2.33. The molecule has 1 amide bonds. The van der Waals surface area contributed by atoms with E-state index < -0.39 is 0 Å². The Bertz CT molecular complexity index is 1170. The topological polar surface area (TPSA) is 74.5 Å². The molecule has 33 heavy (non-hydrogen) atoms. The van der Waals surface area contributed by atoms with E-state index in [1.807, 2.05) is 55.1 Å². The van der Waals surface area contributed by atoms with Gasteiger partial charge in [0.05, 0.1) is 12.1 Å². The number of hydrogen-bond donors (Lipinski definition) is 1. The Morgan fingerprint density at radius 3 is 2.55 bits per heavy atom. The number of nitrogens with zero attached hydrogens (tertiary/aromatic N) is 4. The summed E-state index contributed by atoms with van der Waals surface area (Å²) in [4.78, 5) is 22.2. The summed E-state index contributed by atoms with van der Waals surface area (Å²) in [6, 6.07) is 11.7. The molecular weight excluding hydrogens is 438 g/mol. The second kappa shape index (κ2) is 8.89. The second-order valence-electron chi connectivity index (χ2n) is 8.91. The van der Waals surface area contributed by atoms with Crippen molar-refractivity contribution in [3.8, 4) is 11.4 Å². The molecule has 7 nitrogen and oxygen atoms in total. The van der Waals surface area contributed by atoms with Crippen molar-refractivity contribution in [2.45, 2.75) is 39.4 Å². The third kappa shape index (κ3) is 4.16. The highest BCUT2D eigenvalue weighted by Crippen LogP contribution is 2.35. The maximum absolute atomic E-state index is 13.3. The molecule has 1 aromatic heterocycles. The average Bonchev–Trinajstić information content (AvgIpc) is 3.44. The lowest BCUT2D eigenvalue weighted by atomic mass is 10.00. The van der Waals surface area contributed by atoms with Crippen LogP contribution in [0, 0.1) is 6.92 Å². The molecule has 5 rings (SSSR count). The van der Waals surface area contributed by atoms with Gasteiger partial charge in [0.1, 0.15) is 0 Å². The number of carbonyl (C=O) groups excluding carboxylic acids is 1. The Kier molecular flexibility index (Phi) is 5.95. The molecule has 1 N–H and O–H groups in total. The van der Waals surface area contributed by atoms with E-state index >= 15 is 0 Å². The van der Waals surface area contributed by atoms with Crippen LogP contribution in [0.1, 0.15) is 58.9 Å². The molecule has 0 bridgehead atoms. The van der Waals surface area contributed by atoms with E-state index in [9.17, 15) is 4.79 Å². The molecule has 2 atom stereocenters. The maximum atomic E-state index is 13.3. The summed E-state index contributed by atoms with van der Waals surface area (Å²) in [5.74, 6) is 1.24. The fourth-order valence-electron chi connectivity index (χ4n) is 4.80. The molecule has 2 aliphatic rings. The third-order valence-corrected chi connectivity index (χ3v) is 7.06. The summed E-state index contributed by atoms with van der Waals surface area (Å²) in [6.45, 7) is 10.5. The summed E-state index contributed by atoms with van der Waals surface area (Å²) in [6.07, 6.45) is 0. The van der Waals surface area contributed by atoms with Gasteiger partial charge in [-0.05, 0) is 61.7 Å². The van der Waals surface area contributed by atoms with Crippen molar-refractivity contribution in [1.82, 2.24) is 25.3 Å². The number of benzene rings is 2. The van der Waals surface area contributed by atoms with Crippen molar-refractivity contribution >= 4 is 17.5 Å². The van der Waals surface area contributed by atoms with E-state index in [-0.39, 0.29) is 18.0 Å². The van der Waals surface area contributed by atoms with Crippen LogP contribution in [0.15, 0.2) is 40.9 Å². The minimum atomic E-state index is -0.0540. The number of aryl methyl sites for hydroxylation is 1. The van der Waals surface area contributed by atoms with Crippen molar-refractivity contribution < 1.29 is 9.32 Å². The Morgan fingerprint density at radius 1 is 1.09 bits per heavy atom. The summed E-state index contributed by atoms with van der Waals surface area (Å²) in [5.41, 5.74) is 4.64. The van der Waals surface area contributed by atoms with E-state index in [1.165, 1.54) is 0 Å². The summed E-state index contributed by atoms with van der Waals surface area (Å²) in [7, 11) is 0. The lowest BCUT2D eigenvalue weighted by molar-refractivity contribution is 0.0715. The zero-order chi connectivity index (χ0) is 23.1. The molecule has 2 aromatic carbocycles. The first kappa shape index (κ1) is 22.1. The molecule has 2 unspecified atom stereocenters. The van der Waals surface area contributed by atoms with Crippen molar-refractivity contribution in [3.63, 3.8) is 0 Å². The number of hydrogen-bond acceptors (Lipinski definition) is 6. The van der Waals surface area contributed by atoms with Gasteiger partial charge in [-0.15, -0.1) is 0 Å². The van der Waals surface area contributed by atoms with Gasteiger partial charge in [-0.25, -0.2) is 0 Å². The summed E-state index contributed by atoms with van der Waals surface area (Å²) >= 11 is 6.03. The number of halogens is 1. The number of piperazine rings is 1. The predicted octanol–water partition coefficient (Wildman–Crippen LogP) is 4.38. The van der Waals surface area contributed by atoms with Gasteiger partial charge < -0.3 is 14.7 Å². The van der Waals surface area contributed by atoms with Crippen LogP contribution < -0.4 is 5.32 Å². The number of carbonyl (C=O) groups is 1. The minimum Gasteiger partial charge on any atom is -0.337 e. The maximum Gasteiger partial charge on any atom is 0.255 e. The molecule has 0 spiro atoms. The van der Waals surface area contributed by atoms with Gasteiger partial charge in [-0.1, -0.05) is 28.9 Å². The van der Waals surface area contributed by atoms with Gasteiger partial charge in [-0.2, -0.15) is 4.98 Å². The number of rotatable bonds is 5. The number of aromatic nitrogens is 2. The van der Waals surface area contributed by atoms with Gasteiger partial charge in [0.25, 0.3) is 5.91 Å². The van der Waals surface area contributed by atoms with Crippen LogP contribution in [-0.4, -0.2) is 52.0 Å². The standard InChI is InChI=1S/C25H28ClN5O2/c1-15-12-19(23-28-24(33-29-23)17(3)30-10-8-27-9-11-30)13-20-14-31(25(32)22(15)20)16(2)18-4-6-21(26)7-5-18/h4-7,12-13,16-17,27H,8-11,14H2,1-3H3. The van der Waals surface area contributed by atoms with Crippen LogP contribution >= 0.6 is 11.6 Å². The van der Waals surface area contributed by atoms with E-state index in [1.54, 1.807) is 0 Å². The normalized spacial score (nSPS) is 18.4. The fraction of sp³-hybridized carbons (Fsp3) is 0.400. The van der Waals surface area contributed by atoms with E-state index in [0.717, 1.165) is 54.0 Å². The number of fused-ring (bicyclic) bond motifs is 1. The van der Waals surface area contributed by atoms with Crippen molar-refractivity contribution in [2.75, 3.05) is 26.2 Å². The average molecular weight is 466 g/mol. The van der Waals surface area contributed by atoms with Crippen molar-refractivity contribution in [3.05, 3.63) is 69.6 Å². The molecule has 172 valence electrons. The van der Waals surface area contributed by atoms with E-state index in [4.69, 9.17) is 21.1 Å². The van der Waals surface area contributed by atoms with Crippen molar-refractivity contribution in [2.24, 2.45) is 0 Å². The first-order chi connectivity index (χ1) is 15.9. The molecule has 1 fully saturated rings. The summed E-state index contributed by atoms with van der Waals surface area (Å²) < 4.78 is 5.63. The first-order valence-electron chi connectivity index (χ1n) is 11.4. The van der Waals surface area contributed by atoms with Crippen LogP contribution in [0.2, 0.25) is 5.02 Å². The smallest absolute Gasteiger partial charge is 0.255 e. The monoisotopic (exact) mass is 465 g/mol. The molecule has 3 heterocycles. The van der Waals surface area contributed by atoms with Crippen LogP contribution in [0.5, 0.6) is 0 Å². The highest BCUT2D eigenvalue weighted by atomic mass is 35.5. The molecule has 1 saturated heterocycles. The van der Waals surface area contributed by atoms with E-state index in [2.05, 4.69) is 22.3 Å². The molecule has 0 radical (unpaired) electrons. The Labute approximate surface area is 198 Å². The van der Waals surface area contributed by atoms with E-state index in [0.29, 0.717) is 23.3 Å². The molecule has 8 heteroatoms. The lowest BCUT2D eigenvalue weighted by Gasteiger charge is -2.30. The van der Waals surface area contributed by atoms with Crippen LogP contribution in [-0.2, 0) is 6.54 Å². The minimum absolute atomic E-state index is 0.0534. The largest absolute Gasteiger partial charge is 0.337 e. The number of amides is 1. The zero-order valence-corrected chi connectivity index (χ0v) is 19.9. The van der Waals surface area contributed by atoms with Crippen LogP contribution in [0.4, 0.5) is 0 Å². The molecule has 2 aliphatic heterocycles. The molecule has 3 aromatic rings. The Morgan fingerprint density at radius 2 is 1.82 bits per heavy atom. The lowest BCUT2D eigenvalue weighted by Crippen LogP contribution is -2.44. The molecule has 0 aliphatic carbocycles. The van der Waals surface area contributed by atoms with Gasteiger partial charge in [0, 0.05) is 48.9 Å². The first-order valence-corrected chi connectivity index (χ1v) is 11.8. The Balaban J connectivity index is 1.39. The molecule has 0 saturated carbocycles. The van der Waals surface area contributed by atoms with Gasteiger partial charge in [0.2, 0.25) is 11.7 Å². The van der Waals surface area contributed by atoms with Gasteiger partial charge >= 0.3 is 0 Å². The fourth-order valence-corrected chi connectivity index (χ4v) is 4.93. The van der Waals surface area contributed by atoms with Gasteiger partial charge in [-0.3, -0.25) is 9.69 Å². The van der Waals surface area contributed by atoms with Crippen LogP contribution in [0.25, 0.3) is 11.4 Å². The quantitative estimate of drug-likeness (QED) is 0.602. The Hall–Kier alpha value is -2.74. The predicted molar refractivity (Wildman–Crippen MR) is 127 cm³/mol. The van der Waals surface area contributed by atoms with Gasteiger partial charge in [0.15, 0.2) is 0 Å². The number of nitrogens with one attached hydrogen (secondary N) is 1. The third-order valence-electron chi connectivity index (χ3n) is 6.81. The zero-order valence-electron chi connectivity index (χ0n) is 19.1. The van der Waals surface area contributed by atoms with Crippen molar-refractivity contribution in [1.29, 1.82) is 0 Å². The summed E-state index contributed by atoms with van der Waals surface area (Å²) in [5, 5.41) is 8.31.